The van der Waals surface area contributed by atoms with E-state index >= 15 is 0 Å². The summed E-state index contributed by atoms with van der Waals surface area (Å²) in [6.07, 6.45) is 0.00523. The van der Waals surface area contributed by atoms with Gasteiger partial charge in [0.15, 0.2) is 11.3 Å². The van der Waals surface area contributed by atoms with Crippen molar-refractivity contribution in [1.29, 1.82) is 0 Å². The number of aromatic nitrogens is 3. The molecule has 0 bridgehead atoms. The summed E-state index contributed by atoms with van der Waals surface area (Å²) in [6, 6.07) is 3.06. The molecule has 2 aromatic heterocycles. The third-order valence-corrected chi connectivity index (χ3v) is 1.96. The van der Waals surface area contributed by atoms with Gasteiger partial charge < -0.3 is 9.84 Å². The van der Waals surface area contributed by atoms with E-state index in [9.17, 15) is 4.79 Å². The number of H-pyrrole nitrogens is 1. The zero-order valence-corrected chi connectivity index (χ0v) is 8.89. The average molecular weight is 221 g/mol. The molecule has 2 heterocycles. The van der Waals surface area contributed by atoms with Crippen LogP contribution in [0.2, 0.25) is 0 Å². The third kappa shape index (κ3) is 1.81. The molecule has 6 heteroatoms. The van der Waals surface area contributed by atoms with Crippen LogP contribution in [0.1, 0.15) is 24.3 Å². The summed E-state index contributed by atoms with van der Waals surface area (Å²) in [5, 5.41) is 16.0. The number of carboxylic acid groups (broad SMARTS) is 1. The number of nitrogens with zero attached hydrogens (tertiary/aromatic N) is 2. The molecule has 6 nitrogen and oxygen atoms in total. The van der Waals surface area contributed by atoms with Gasteiger partial charge in [-0.2, -0.15) is 0 Å². The number of nitrogens with one attached hydrogen (secondary N) is 1. The SMILES string of the molecule is CC(C)Oc1n[nH]c2nc(C(=O)O)ccc12. The van der Waals surface area contributed by atoms with Crippen LogP contribution < -0.4 is 4.74 Å². The smallest absolute Gasteiger partial charge is 0.354 e. The number of pyridine rings is 1. The number of fused-ring (bicyclic) bond motifs is 1. The Labute approximate surface area is 91.3 Å². The minimum Gasteiger partial charge on any atom is -0.477 e. The number of aromatic amines is 1. The topological polar surface area (TPSA) is 88.1 Å². The van der Waals surface area contributed by atoms with E-state index in [2.05, 4.69) is 15.2 Å². The van der Waals surface area contributed by atoms with Crippen molar-refractivity contribution in [3.8, 4) is 5.88 Å². The summed E-state index contributed by atoms with van der Waals surface area (Å²) in [5.41, 5.74) is 0.391. The van der Waals surface area contributed by atoms with Gasteiger partial charge >= 0.3 is 5.97 Å². The summed E-state index contributed by atoms with van der Waals surface area (Å²) < 4.78 is 5.44. The Morgan fingerprint density at radius 1 is 1.50 bits per heavy atom. The van der Waals surface area contributed by atoms with E-state index in [4.69, 9.17) is 9.84 Å². The molecule has 0 spiro atoms. The highest BCUT2D eigenvalue weighted by Crippen LogP contribution is 2.22. The molecule has 0 aliphatic rings. The van der Waals surface area contributed by atoms with Crippen molar-refractivity contribution in [3.05, 3.63) is 17.8 Å². The number of carboxylic acids is 1. The molecule has 0 fully saturated rings. The van der Waals surface area contributed by atoms with Crippen LogP contribution in [0.15, 0.2) is 12.1 Å². The van der Waals surface area contributed by atoms with Crippen molar-refractivity contribution in [2.24, 2.45) is 0 Å². The summed E-state index contributed by atoms with van der Waals surface area (Å²) in [4.78, 5) is 14.6. The Hall–Kier alpha value is -2.11. The van der Waals surface area contributed by atoms with Gasteiger partial charge in [-0.1, -0.05) is 0 Å². The van der Waals surface area contributed by atoms with Gasteiger partial charge in [0, 0.05) is 0 Å². The largest absolute Gasteiger partial charge is 0.477 e. The Kier molecular flexibility index (Phi) is 2.47. The highest BCUT2D eigenvalue weighted by atomic mass is 16.5. The van der Waals surface area contributed by atoms with E-state index in [0.29, 0.717) is 16.9 Å². The van der Waals surface area contributed by atoms with Gasteiger partial charge in [0.2, 0.25) is 5.88 Å². The lowest BCUT2D eigenvalue weighted by Crippen LogP contribution is -2.06. The lowest BCUT2D eigenvalue weighted by molar-refractivity contribution is 0.0691. The molecular weight excluding hydrogens is 210 g/mol. The fourth-order valence-electron chi connectivity index (χ4n) is 1.31. The predicted molar refractivity (Wildman–Crippen MR) is 56.6 cm³/mol. The van der Waals surface area contributed by atoms with E-state index in [1.165, 1.54) is 6.07 Å². The molecule has 0 atom stereocenters. The van der Waals surface area contributed by atoms with Crippen LogP contribution in [0.25, 0.3) is 11.0 Å². The second-order valence-electron chi connectivity index (χ2n) is 3.59. The Morgan fingerprint density at radius 3 is 2.88 bits per heavy atom. The lowest BCUT2D eigenvalue weighted by Gasteiger charge is -2.05. The van der Waals surface area contributed by atoms with E-state index in [1.807, 2.05) is 13.8 Å². The second-order valence-corrected chi connectivity index (χ2v) is 3.59. The normalized spacial score (nSPS) is 10.9. The average Bonchev–Trinajstić information content (AvgIpc) is 2.60. The molecule has 0 radical (unpaired) electrons. The number of rotatable bonds is 3. The van der Waals surface area contributed by atoms with Gasteiger partial charge in [0.1, 0.15) is 0 Å². The van der Waals surface area contributed by atoms with Gasteiger partial charge in [0.05, 0.1) is 11.5 Å². The molecule has 2 rings (SSSR count). The number of hydrogen-bond acceptors (Lipinski definition) is 4. The molecule has 0 saturated carbocycles. The molecule has 2 aromatic rings. The Morgan fingerprint density at radius 2 is 2.25 bits per heavy atom. The lowest BCUT2D eigenvalue weighted by atomic mass is 10.3. The summed E-state index contributed by atoms with van der Waals surface area (Å²) in [5.74, 6) is -0.628. The minimum absolute atomic E-state index is 0.00523. The zero-order chi connectivity index (χ0) is 11.7. The number of ether oxygens (including phenoxy) is 1. The van der Waals surface area contributed by atoms with Gasteiger partial charge in [-0.3, -0.25) is 5.10 Å². The molecule has 84 valence electrons. The number of hydrogen-bond donors (Lipinski definition) is 2. The van der Waals surface area contributed by atoms with Crippen molar-refractivity contribution < 1.29 is 14.6 Å². The van der Waals surface area contributed by atoms with Crippen LogP contribution >= 0.6 is 0 Å². The molecule has 2 N–H and O–H groups in total. The quantitative estimate of drug-likeness (QED) is 0.818. The molecule has 0 aliphatic heterocycles. The second kappa shape index (κ2) is 3.80. The van der Waals surface area contributed by atoms with Crippen molar-refractivity contribution in [3.63, 3.8) is 0 Å². The first-order chi connectivity index (χ1) is 7.58. The van der Waals surface area contributed by atoms with Crippen LogP contribution in [0.4, 0.5) is 0 Å². The zero-order valence-electron chi connectivity index (χ0n) is 8.89. The minimum atomic E-state index is -1.07. The summed E-state index contributed by atoms with van der Waals surface area (Å²) in [7, 11) is 0. The van der Waals surface area contributed by atoms with Crippen LogP contribution in [0.5, 0.6) is 5.88 Å². The highest BCUT2D eigenvalue weighted by molar-refractivity contribution is 5.90. The number of carbonyl (C=O) groups is 1. The van der Waals surface area contributed by atoms with E-state index in [0.717, 1.165) is 0 Å². The fourth-order valence-corrected chi connectivity index (χ4v) is 1.31. The van der Waals surface area contributed by atoms with Gasteiger partial charge in [-0.05, 0) is 26.0 Å². The first-order valence-electron chi connectivity index (χ1n) is 4.83. The van der Waals surface area contributed by atoms with Gasteiger partial charge in [-0.15, -0.1) is 5.10 Å². The van der Waals surface area contributed by atoms with E-state index in [-0.39, 0.29) is 11.8 Å². The van der Waals surface area contributed by atoms with Crippen LogP contribution in [-0.2, 0) is 0 Å². The maximum atomic E-state index is 10.7. The summed E-state index contributed by atoms with van der Waals surface area (Å²) >= 11 is 0. The fraction of sp³-hybridized carbons (Fsp3) is 0.300. The maximum Gasteiger partial charge on any atom is 0.354 e. The molecule has 16 heavy (non-hydrogen) atoms. The number of aromatic carboxylic acids is 1. The molecule has 0 amide bonds. The maximum absolute atomic E-state index is 10.7. The monoisotopic (exact) mass is 221 g/mol. The molecule has 0 saturated heterocycles. The van der Waals surface area contributed by atoms with E-state index in [1.54, 1.807) is 6.07 Å². The van der Waals surface area contributed by atoms with E-state index < -0.39 is 5.97 Å². The first-order valence-corrected chi connectivity index (χ1v) is 4.83. The van der Waals surface area contributed by atoms with Gasteiger partial charge in [-0.25, -0.2) is 9.78 Å². The van der Waals surface area contributed by atoms with Crippen LogP contribution in [0, 0.1) is 0 Å². The van der Waals surface area contributed by atoms with Gasteiger partial charge in [0.25, 0.3) is 0 Å². The predicted octanol–water partition coefficient (Wildman–Crippen LogP) is 1.44. The third-order valence-electron chi connectivity index (χ3n) is 1.96. The highest BCUT2D eigenvalue weighted by Gasteiger charge is 2.12. The van der Waals surface area contributed by atoms with Crippen LogP contribution in [-0.4, -0.2) is 32.4 Å². The molecular formula is C10H11N3O3. The van der Waals surface area contributed by atoms with Crippen LogP contribution in [0.3, 0.4) is 0 Å². The molecule has 0 aliphatic carbocycles. The Bertz CT molecular complexity index is 533. The molecule has 0 aromatic carbocycles. The van der Waals surface area contributed by atoms with Crippen molar-refractivity contribution in [2.75, 3.05) is 0 Å². The Balaban J connectivity index is 2.46. The standard InChI is InChI=1S/C10H11N3O3/c1-5(2)16-9-6-3-4-7(10(14)15)11-8(6)12-13-9/h3-5H,1-2H3,(H,14,15)(H,11,12,13). The molecule has 0 unspecified atom stereocenters. The van der Waals surface area contributed by atoms with Crippen molar-refractivity contribution in [1.82, 2.24) is 15.2 Å². The first kappa shape index (κ1) is 10.4. The van der Waals surface area contributed by atoms with Crippen molar-refractivity contribution in [2.45, 2.75) is 20.0 Å². The summed E-state index contributed by atoms with van der Waals surface area (Å²) in [6.45, 7) is 3.78. The van der Waals surface area contributed by atoms with Crippen molar-refractivity contribution >= 4 is 17.0 Å².